The zero-order valence-corrected chi connectivity index (χ0v) is 20.6. The number of esters is 1. The average Bonchev–Trinajstić information content (AvgIpc) is 2.84. The van der Waals surface area contributed by atoms with Crippen LogP contribution in [0.15, 0.2) is 59.8 Å². The lowest BCUT2D eigenvalue weighted by Crippen LogP contribution is -2.51. The van der Waals surface area contributed by atoms with E-state index < -0.39 is 12.0 Å². The molecule has 35 heavy (non-hydrogen) atoms. The molecule has 1 fully saturated rings. The second-order valence-electron chi connectivity index (χ2n) is 8.53. The standard InChI is InChI=1S/C26H29ClN4O4/c1-3-35-25(33)23-22(28-26(34)29-24(23)20-6-4-5-7-21(20)27)16-30-12-14-31(15-13-30)19-10-8-18(9-11-19)17(2)32/h4-11,24H,3,12-16H2,1-2H3,(H2,28,29,34). The number of rotatable bonds is 7. The molecular formula is C26H29ClN4O4. The van der Waals surface area contributed by atoms with Crippen LogP contribution in [0.4, 0.5) is 10.5 Å². The topological polar surface area (TPSA) is 91.0 Å². The maximum absolute atomic E-state index is 13.0. The minimum Gasteiger partial charge on any atom is -0.463 e. The third kappa shape index (κ3) is 5.66. The summed E-state index contributed by atoms with van der Waals surface area (Å²) in [6.45, 7) is 6.98. The number of nitrogens with one attached hydrogen (secondary N) is 2. The van der Waals surface area contributed by atoms with Crippen LogP contribution in [0.3, 0.4) is 0 Å². The molecule has 2 aromatic rings. The Hall–Kier alpha value is -3.36. The fourth-order valence-corrected chi connectivity index (χ4v) is 4.67. The van der Waals surface area contributed by atoms with Gasteiger partial charge in [-0.2, -0.15) is 0 Å². The molecule has 0 spiro atoms. The molecule has 0 bridgehead atoms. The van der Waals surface area contributed by atoms with E-state index in [1.807, 2.05) is 30.3 Å². The van der Waals surface area contributed by atoms with Crippen LogP contribution in [0.25, 0.3) is 0 Å². The lowest BCUT2D eigenvalue weighted by molar-refractivity contribution is -0.139. The lowest BCUT2D eigenvalue weighted by Gasteiger charge is -2.38. The Morgan fingerprint density at radius 1 is 1.06 bits per heavy atom. The zero-order valence-electron chi connectivity index (χ0n) is 19.8. The van der Waals surface area contributed by atoms with Gasteiger partial charge >= 0.3 is 12.0 Å². The summed E-state index contributed by atoms with van der Waals surface area (Å²) in [7, 11) is 0. The molecule has 1 saturated heterocycles. The largest absolute Gasteiger partial charge is 0.463 e. The SMILES string of the molecule is CCOC(=O)C1=C(CN2CCN(c3ccc(C(C)=O)cc3)CC2)NC(=O)NC1c1ccccc1Cl. The van der Waals surface area contributed by atoms with Crippen LogP contribution in [0, 0.1) is 0 Å². The zero-order chi connectivity index (χ0) is 24.9. The van der Waals surface area contributed by atoms with Crippen molar-refractivity contribution < 1.29 is 19.1 Å². The second kappa shape index (κ2) is 10.9. The van der Waals surface area contributed by atoms with Crippen LogP contribution >= 0.6 is 11.6 Å². The number of anilines is 1. The number of ketones is 1. The number of Topliss-reactive ketones (excluding diaryl/α,β-unsaturated/α-hetero) is 1. The summed E-state index contributed by atoms with van der Waals surface area (Å²) in [6.07, 6.45) is 0. The number of carbonyl (C=O) groups excluding carboxylic acids is 3. The Bertz CT molecular complexity index is 1140. The molecule has 0 aromatic heterocycles. The van der Waals surface area contributed by atoms with Crippen molar-refractivity contribution in [3.05, 3.63) is 76.0 Å². The molecular weight excluding hydrogens is 468 g/mol. The van der Waals surface area contributed by atoms with E-state index in [9.17, 15) is 14.4 Å². The van der Waals surface area contributed by atoms with Gasteiger partial charge in [-0.25, -0.2) is 9.59 Å². The van der Waals surface area contributed by atoms with Gasteiger partial charge in [0.15, 0.2) is 5.78 Å². The molecule has 2 amide bonds. The van der Waals surface area contributed by atoms with Gasteiger partial charge in [-0.05, 0) is 49.7 Å². The van der Waals surface area contributed by atoms with Gasteiger partial charge in [0.25, 0.3) is 0 Å². The molecule has 2 aromatic carbocycles. The van der Waals surface area contributed by atoms with E-state index in [4.69, 9.17) is 16.3 Å². The Balaban J connectivity index is 1.53. The van der Waals surface area contributed by atoms with Crippen LogP contribution in [-0.2, 0) is 9.53 Å². The smallest absolute Gasteiger partial charge is 0.338 e. The van der Waals surface area contributed by atoms with Gasteiger partial charge in [-0.3, -0.25) is 9.69 Å². The molecule has 4 rings (SSSR count). The average molecular weight is 497 g/mol. The first-order valence-electron chi connectivity index (χ1n) is 11.7. The molecule has 9 heteroatoms. The van der Waals surface area contributed by atoms with E-state index in [1.54, 1.807) is 32.0 Å². The highest BCUT2D eigenvalue weighted by atomic mass is 35.5. The second-order valence-corrected chi connectivity index (χ2v) is 8.94. The number of benzene rings is 2. The van der Waals surface area contributed by atoms with Crippen LogP contribution in [-0.4, -0.2) is 62.0 Å². The van der Waals surface area contributed by atoms with Crippen LogP contribution in [0.1, 0.15) is 35.8 Å². The predicted octanol–water partition coefficient (Wildman–Crippen LogP) is 3.54. The molecule has 1 atom stereocenters. The maximum Gasteiger partial charge on any atom is 0.338 e. The van der Waals surface area contributed by atoms with E-state index in [-0.39, 0.29) is 18.4 Å². The molecule has 2 N–H and O–H groups in total. The summed E-state index contributed by atoms with van der Waals surface area (Å²) < 4.78 is 5.35. The van der Waals surface area contributed by atoms with E-state index in [0.29, 0.717) is 34.0 Å². The highest BCUT2D eigenvalue weighted by Crippen LogP contribution is 2.32. The summed E-state index contributed by atoms with van der Waals surface area (Å²) in [5.74, 6) is -0.435. The van der Waals surface area contributed by atoms with E-state index >= 15 is 0 Å². The number of carbonyl (C=O) groups is 3. The molecule has 8 nitrogen and oxygen atoms in total. The highest BCUT2D eigenvalue weighted by molar-refractivity contribution is 6.31. The fraction of sp³-hybridized carbons (Fsp3) is 0.346. The van der Waals surface area contributed by atoms with E-state index in [0.717, 1.165) is 31.9 Å². The number of amides is 2. The molecule has 184 valence electrons. The van der Waals surface area contributed by atoms with Gasteiger partial charge in [0.2, 0.25) is 0 Å². The van der Waals surface area contributed by atoms with Gasteiger partial charge in [-0.15, -0.1) is 0 Å². The number of halogens is 1. The number of piperazine rings is 1. The third-order valence-corrected chi connectivity index (χ3v) is 6.60. The quantitative estimate of drug-likeness (QED) is 0.450. The third-order valence-electron chi connectivity index (χ3n) is 6.26. The normalized spacial score (nSPS) is 18.7. The predicted molar refractivity (Wildman–Crippen MR) is 135 cm³/mol. The lowest BCUT2D eigenvalue weighted by atomic mass is 9.94. The van der Waals surface area contributed by atoms with E-state index in [2.05, 4.69) is 20.4 Å². The molecule has 0 saturated carbocycles. The minimum absolute atomic E-state index is 0.0474. The molecule has 0 aliphatic carbocycles. The minimum atomic E-state index is -0.701. The van der Waals surface area contributed by atoms with Crippen molar-refractivity contribution in [1.82, 2.24) is 15.5 Å². The van der Waals surface area contributed by atoms with Crippen molar-refractivity contribution in [3.8, 4) is 0 Å². The first-order valence-corrected chi connectivity index (χ1v) is 12.1. The highest BCUT2D eigenvalue weighted by Gasteiger charge is 2.35. The summed E-state index contributed by atoms with van der Waals surface area (Å²) in [4.78, 5) is 41.5. The van der Waals surface area contributed by atoms with Gasteiger partial charge < -0.3 is 20.3 Å². The summed E-state index contributed by atoms with van der Waals surface area (Å²) >= 11 is 6.41. The van der Waals surface area contributed by atoms with Crippen LogP contribution in [0.5, 0.6) is 0 Å². The van der Waals surface area contributed by atoms with Gasteiger partial charge in [-0.1, -0.05) is 29.8 Å². The molecule has 2 aliphatic rings. The summed E-state index contributed by atoms with van der Waals surface area (Å²) in [5, 5.41) is 6.12. The summed E-state index contributed by atoms with van der Waals surface area (Å²) in [6, 6.07) is 13.7. The fourth-order valence-electron chi connectivity index (χ4n) is 4.43. The summed E-state index contributed by atoms with van der Waals surface area (Å²) in [5.41, 5.74) is 3.29. The molecule has 2 aliphatic heterocycles. The monoisotopic (exact) mass is 496 g/mol. The van der Waals surface area contributed by atoms with Crippen molar-refractivity contribution in [3.63, 3.8) is 0 Å². The Morgan fingerprint density at radius 2 is 1.74 bits per heavy atom. The van der Waals surface area contributed by atoms with Crippen molar-refractivity contribution in [2.75, 3.05) is 44.2 Å². The number of ether oxygens (including phenoxy) is 1. The number of nitrogens with zero attached hydrogens (tertiary/aromatic N) is 2. The maximum atomic E-state index is 13.0. The van der Waals surface area contributed by atoms with Gasteiger partial charge in [0, 0.05) is 54.7 Å². The molecule has 0 radical (unpaired) electrons. The molecule has 1 unspecified atom stereocenters. The Kier molecular flexibility index (Phi) is 7.73. The van der Waals surface area contributed by atoms with Crippen molar-refractivity contribution in [2.24, 2.45) is 0 Å². The number of urea groups is 1. The van der Waals surface area contributed by atoms with Crippen LogP contribution in [0.2, 0.25) is 5.02 Å². The number of hydrogen-bond donors (Lipinski definition) is 2. The van der Waals surface area contributed by atoms with Crippen molar-refractivity contribution in [1.29, 1.82) is 0 Å². The Morgan fingerprint density at radius 3 is 2.37 bits per heavy atom. The van der Waals surface area contributed by atoms with Crippen LogP contribution < -0.4 is 15.5 Å². The van der Waals surface area contributed by atoms with Crippen molar-refractivity contribution in [2.45, 2.75) is 19.9 Å². The first kappa shape index (κ1) is 24.8. The van der Waals surface area contributed by atoms with Gasteiger partial charge in [0.1, 0.15) is 0 Å². The van der Waals surface area contributed by atoms with Gasteiger partial charge in [0.05, 0.1) is 18.2 Å². The first-order chi connectivity index (χ1) is 16.9. The molecule has 2 heterocycles. The Labute approximate surface area is 209 Å². The number of hydrogen-bond acceptors (Lipinski definition) is 6. The van der Waals surface area contributed by atoms with Crippen molar-refractivity contribution >= 4 is 35.1 Å². The van der Waals surface area contributed by atoms with E-state index in [1.165, 1.54) is 0 Å².